The molecular formula is C15H20FNO2. The lowest BCUT2D eigenvalue weighted by atomic mass is 9.98. The first-order chi connectivity index (χ1) is 9.19. The largest absolute Gasteiger partial charge is 0.466 e. The molecule has 1 aliphatic heterocycles. The van der Waals surface area contributed by atoms with Crippen LogP contribution in [0.3, 0.4) is 0 Å². The molecule has 4 heteroatoms. The highest BCUT2D eigenvalue weighted by Crippen LogP contribution is 2.20. The van der Waals surface area contributed by atoms with Crippen LogP contribution in [-0.2, 0) is 16.1 Å². The van der Waals surface area contributed by atoms with E-state index >= 15 is 0 Å². The Morgan fingerprint density at radius 2 is 2.37 bits per heavy atom. The molecule has 1 aliphatic rings. The van der Waals surface area contributed by atoms with Crippen LogP contribution in [0.25, 0.3) is 0 Å². The summed E-state index contributed by atoms with van der Waals surface area (Å²) in [6, 6.07) is 6.63. The monoisotopic (exact) mass is 265 g/mol. The highest BCUT2D eigenvalue weighted by molar-refractivity contribution is 5.72. The van der Waals surface area contributed by atoms with Gasteiger partial charge in [0.25, 0.3) is 0 Å². The number of carbonyl (C=O) groups is 1. The third kappa shape index (κ3) is 4.03. The van der Waals surface area contributed by atoms with Crippen molar-refractivity contribution < 1.29 is 13.9 Å². The number of likely N-dealkylation sites (tertiary alicyclic amines) is 1. The van der Waals surface area contributed by atoms with Gasteiger partial charge in [0, 0.05) is 13.1 Å². The Hall–Kier alpha value is -1.42. The Morgan fingerprint density at radius 3 is 3.11 bits per heavy atom. The summed E-state index contributed by atoms with van der Waals surface area (Å²) in [5.41, 5.74) is 0.949. The Balaban J connectivity index is 1.92. The molecule has 0 saturated carbocycles. The second-order valence-electron chi connectivity index (χ2n) is 4.96. The summed E-state index contributed by atoms with van der Waals surface area (Å²) in [4.78, 5) is 13.9. The lowest BCUT2D eigenvalue weighted by Gasteiger charge is -2.31. The first-order valence-corrected chi connectivity index (χ1v) is 6.82. The maximum atomic E-state index is 13.1. The number of esters is 1. The molecule has 0 bridgehead atoms. The molecule has 1 saturated heterocycles. The van der Waals surface area contributed by atoms with Gasteiger partial charge in [0.1, 0.15) is 5.82 Å². The summed E-state index contributed by atoms with van der Waals surface area (Å²) in [6.07, 6.45) is 1.87. The predicted octanol–water partition coefficient (Wildman–Crippen LogP) is 2.60. The minimum atomic E-state index is -0.212. The molecule has 104 valence electrons. The van der Waals surface area contributed by atoms with Crippen molar-refractivity contribution in [2.24, 2.45) is 5.92 Å². The fourth-order valence-corrected chi connectivity index (χ4v) is 2.55. The minimum absolute atomic E-state index is 0.0396. The van der Waals surface area contributed by atoms with E-state index in [1.807, 2.05) is 13.0 Å². The summed E-state index contributed by atoms with van der Waals surface area (Å²) in [6.45, 7) is 4.60. The molecule has 0 radical (unpaired) electrons. The summed E-state index contributed by atoms with van der Waals surface area (Å²) in [7, 11) is 0. The van der Waals surface area contributed by atoms with E-state index in [1.165, 1.54) is 6.07 Å². The van der Waals surface area contributed by atoms with E-state index in [2.05, 4.69) is 4.90 Å². The van der Waals surface area contributed by atoms with Gasteiger partial charge in [-0.1, -0.05) is 12.1 Å². The number of carbonyl (C=O) groups excluding carboxylic acids is 1. The minimum Gasteiger partial charge on any atom is -0.466 e. The average Bonchev–Trinajstić information content (AvgIpc) is 2.39. The third-order valence-electron chi connectivity index (χ3n) is 3.42. The molecule has 1 atom stereocenters. The molecule has 1 aromatic rings. The van der Waals surface area contributed by atoms with Crippen LogP contribution in [0.1, 0.15) is 25.3 Å². The van der Waals surface area contributed by atoms with Gasteiger partial charge in [-0.25, -0.2) is 4.39 Å². The molecule has 0 amide bonds. The van der Waals surface area contributed by atoms with Crippen LogP contribution >= 0.6 is 0 Å². The van der Waals surface area contributed by atoms with Gasteiger partial charge in [-0.15, -0.1) is 0 Å². The van der Waals surface area contributed by atoms with Gasteiger partial charge < -0.3 is 4.74 Å². The van der Waals surface area contributed by atoms with E-state index in [4.69, 9.17) is 4.74 Å². The highest BCUT2D eigenvalue weighted by atomic mass is 19.1. The molecule has 0 spiro atoms. The zero-order valence-corrected chi connectivity index (χ0v) is 11.3. The molecule has 1 aromatic carbocycles. The molecule has 1 heterocycles. The van der Waals surface area contributed by atoms with Gasteiger partial charge in [-0.3, -0.25) is 9.69 Å². The number of rotatable bonds is 4. The smallest absolute Gasteiger partial charge is 0.310 e. The number of ether oxygens (including phenoxy) is 1. The van der Waals surface area contributed by atoms with E-state index < -0.39 is 0 Å². The summed E-state index contributed by atoms with van der Waals surface area (Å²) >= 11 is 0. The van der Waals surface area contributed by atoms with Crippen LogP contribution in [0.15, 0.2) is 24.3 Å². The SMILES string of the molecule is CCOC(=O)[C@@H]1CCCN(Cc2cccc(F)c2)C1. The normalized spacial score (nSPS) is 20.2. The fourth-order valence-electron chi connectivity index (χ4n) is 2.55. The third-order valence-corrected chi connectivity index (χ3v) is 3.42. The lowest BCUT2D eigenvalue weighted by molar-refractivity contribution is -0.150. The highest BCUT2D eigenvalue weighted by Gasteiger charge is 2.26. The zero-order valence-electron chi connectivity index (χ0n) is 11.3. The standard InChI is InChI=1S/C15H20FNO2/c1-2-19-15(18)13-6-4-8-17(11-13)10-12-5-3-7-14(16)9-12/h3,5,7,9,13H,2,4,6,8,10-11H2,1H3/t13-/m1/s1. The van der Waals surface area contributed by atoms with Crippen LogP contribution in [0.4, 0.5) is 4.39 Å². The van der Waals surface area contributed by atoms with Crippen molar-refractivity contribution in [3.8, 4) is 0 Å². The Labute approximate surface area is 113 Å². The summed E-state index contributed by atoms with van der Waals surface area (Å²) < 4.78 is 18.2. The van der Waals surface area contributed by atoms with Crippen molar-refractivity contribution in [1.82, 2.24) is 4.90 Å². The molecular weight excluding hydrogens is 245 g/mol. The predicted molar refractivity (Wildman–Crippen MR) is 71.0 cm³/mol. The van der Waals surface area contributed by atoms with Crippen LogP contribution in [0.2, 0.25) is 0 Å². The quantitative estimate of drug-likeness (QED) is 0.784. The topological polar surface area (TPSA) is 29.5 Å². The zero-order chi connectivity index (χ0) is 13.7. The van der Waals surface area contributed by atoms with E-state index in [1.54, 1.807) is 12.1 Å². The maximum Gasteiger partial charge on any atom is 0.310 e. The molecule has 3 nitrogen and oxygen atoms in total. The summed E-state index contributed by atoms with van der Waals surface area (Å²) in [5.74, 6) is -0.356. The number of hydrogen-bond donors (Lipinski definition) is 0. The van der Waals surface area contributed by atoms with E-state index in [9.17, 15) is 9.18 Å². The van der Waals surface area contributed by atoms with E-state index in [0.717, 1.165) is 24.9 Å². The van der Waals surface area contributed by atoms with Gasteiger partial charge in [0.2, 0.25) is 0 Å². The maximum absolute atomic E-state index is 13.1. The second kappa shape index (κ2) is 6.66. The summed E-state index contributed by atoms with van der Waals surface area (Å²) in [5, 5.41) is 0. The number of hydrogen-bond acceptors (Lipinski definition) is 3. The van der Waals surface area contributed by atoms with Crippen molar-refractivity contribution >= 4 is 5.97 Å². The molecule has 0 N–H and O–H groups in total. The van der Waals surface area contributed by atoms with Crippen LogP contribution < -0.4 is 0 Å². The van der Waals surface area contributed by atoms with Crippen molar-refractivity contribution in [3.63, 3.8) is 0 Å². The van der Waals surface area contributed by atoms with Crippen molar-refractivity contribution in [2.45, 2.75) is 26.3 Å². The number of benzene rings is 1. The first kappa shape index (κ1) is 14.0. The van der Waals surface area contributed by atoms with Crippen molar-refractivity contribution in [3.05, 3.63) is 35.6 Å². The van der Waals surface area contributed by atoms with Gasteiger partial charge in [0.15, 0.2) is 0 Å². The van der Waals surface area contributed by atoms with Gasteiger partial charge >= 0.3 is 5.97 Å². The van der Waals surface area contributed by atoms with E-state index in [-0.39, 0.29) is 17.7 Å². The second-order valence-corrected chi connectivity index (χ2v) is 4.96. The average molecular weight is 265 g/mol. The number of halogens is 1. The Kier molecular flexibility index (Phi) is 4.91. The van der Waals surface area contributed by atoms with Gasteiger partial charge in [-0.2, -0.15) is 0 Å². The first-order valence-electron chi connectivity index (χ1n) is 6.82. The van der Waals surface area contributed by atoms with E-state index in [0.29, 0.717) is 19.7 Å². The fraction of sp³-hybridized carbons (Fsp3) is 0.533. The Bertz CT molecular complexity index is 436. The van der Waals surface area contributed by atoms with Crippen LogP contribution in [-0.4, -0.2) is 30.6 Å². The van der Waals surface area contributed by atoms with Gasteiger partial charge in [0.05, 0.1) is 12.5 Å². The van der Waals surface area contributed by atoms with Crippen molar-refractivity contribution in [1.29, 1.82) is 0 Å². The molecule has 2 rings (SSSR count). The van der Waals surface area contributed by atoms with Crippen LogP contribution in [0.5, 0.6) is 0 Å². The molecule has 0 aromatic heterocycles. The lowest BCUT2D eigenvalue weighted by Crippen LogP contribution is -2.38. The Morgan fingerprint density at radius 1 is 1.53 bits per heavy atom. The van der Waals surface area contributed by atoms with Gasteiger partial charge in [-0.05, 0) is 44.0 Å². The van der Waals surface area contributed by atoms with Crippen molar-refractivity contribution in [2.75, 3.05) is 19.7 Å². The number of piperidine rings is 1. The van der Waals surface area contributed by atoms with Crippen LogP contribution in [0, 0.1) is 11.7 Å². The number of nitrogens with zero attached hydrogens (tertiary/aromatic N) is 1. The molecule has 0 unspecified atom stereocenters. The molecule has 0 aliphatic carbocycles. The molecule has 19 heavy (non-hydrogen) atoms. The molecule has 1 fully saturated rings.